The summed E-state index contributed by atoms with van der Waals surface area (Å²) in [5, 5.41) is 5.79. The predicted molar refractivity (Wildman–Crippen MR) is 85.5 cm³/mol. The monoisotopic (exact) mass is 288 g/mol. The average molecular weight is 288 g/mol. The van der Waals surface area contributed by atoms with Gasteiger partial charge in [0.15, 0.2) is 0 Å². The second-order valence-corrected chi connectivity index (χ2v) is 6.10. The lowest BCUT2D eigenvalue weighted by Gasteiger charge is -2.10. The van der Waals surface area contributed by atoms with Crippen LogP contribution in [0, 0.1) is 13.8 Å². The summed E-state index contributed by atoms with van der Waals surface area (Å²) in [7, 11) is 0. The lowest BCUT2D eigenvalue weighted by molar-refractivity contribution is 0.252. The molecule has 0 aliphatic rings. The number of carbonyl (C=O) groups is 1. The molecule has 0 radical (unpaired) electrons. The number of aryl methyl sites for hydroxylation is 3. The van der Waals surface area contributed by atoms with Crippen LogP contribution in [0.2, 0.25) is 0 Å². The molecule has 1 aromatic heterocycles. The summed E-state index contributed by atoms with van der Waals surface area (Å²) in [5.41, 5.74) is 3.06. The maximum absolute atomic E-state index is 11.9. The van der Waals surface area contributed by atoms with Gasteiger partial charge < -0.3 is 10.6 Å². The zero-order valence-electron chi connectivity index (χ0n) is 12.1. The molecular weight excluding hydrogens is 268 g/mol. The summed E-state index contributed by atoms with van der Waals surface area (Å²) in [6, 6.07) is 10.1. The summed E-state index contributed by atoms with van der Waals surface area (Å²) >= 11 is 1.74. The Balaban J connectivity index is 1.90. The van der Waals surface area contributed by atoms with E-state index in [0.717, 1.165) is 23.2 Å². The minimum atomic E-state index is -0.162. The highest BCUT2D eigenvalue weighted by Crippen LogP contribution is 2.18. The fraction of sp³-hybridized carbons (Fsp3) is 0.312. The number of anilines is 1. The molecule has 20 heavy (non-hydrogen) atoms. The topological polar surface area (TPSA) is 41.1 Å². The molecule has 1 heterocycles. The normalized spacial score (nSPS) is 10.3. The van der Waals surface area contributed by atoms with Crippen molar-refractivity contribution in [3.05, 3.63) is 51.2 Å². The van der Waals surface area contributed by atoms with E-state index in [2.05, 4.69) is 29.7 Å². The Morgan fingerprint density at radius 1 is 1.15 bits per heavy atom. The molecule has 3 nitrogen and oxygen atoms in total. The molecule has 0 spiro atoms. The summed E-state index contributed by atoms with van der Waals surface area (Å²) in [6.07, 6.45) is 1.04. The zero-order valence-corrected chi connectivity index (χ0v) is 12.9. The van der Waals surface area contributed by atoms with Crippen LogP contribution in [0.3, 0.4) is 0 Å². The predicted octanol–water partition coefficient (Wildman–Crippen LogP) is 4.25. The van der Waals surface area contributed by atoms with Crippen molar-refractivity contribution in [2.24, 2.45) is 0 Å². The number of hydrogen-bond acceptors (Lipinski definition) is 2. The number of benzene rings is 1. The van der Waals surface area contributed by atoms with Crippen LogP contribution in [-0.2, 0) is 13.0 Å². The molecule has 2 aromatic rings. The van der Waals surface area contributed by atoms with Gasteiger partial charge in [0, 0.05) is 15.4 Å². The van der Waals surface area contributed by atoms with Crippen LogP contribution in [0.25, 0.3) is 0 Å². The van der Waals surface area contributed by atoms with Crippen molar-refractivity contribution in [1.29, 1.82) is 0 Å². The lowest BCUT2D eigenvalue weighted by Crippen LogP contribution is -2.28. The molecular formula is C16H20N2OS. The van der Waals surface area contributed by atoms with Gasteiger partial charge >= 0.3 is 6.03 Å². The highest BCUT2D eigenvalue weighted by atomic mass is 32.1. The quantitative estimate of drug-likeness (QED) is 0.867. The zero-order chi connectivity index (χ0) is 14.5. The third-order valence-corrected chi connectivity index (χ3v) is 4.36. The number of rotatable bonds is 4. The molecule has 0 bridgehead atoms. The number of nitrogens with one attached hydrogen (secondary N) is 2. The molecule has 2 rings (SSSR count). The number of thiophene rings is 1. The van der Waals surface area contributed by atoms with Crippen LogP contribution >= 0.6 is 11.3 Å². The molecule has 1 aromatic carbocycles. The van der Waals surface area contributed by atoms with E-state index in [4.69, 9.17) is 0 Å². The van der Waals surface area contributed by atoms with Crippen molar-refractivity contribution in [3.8, 4) is 0 Å². The first kappa shape index (κ1) is 14.6. The van der Waals surface area contributed by atoms with Gasteiger partial charge in [-0.15, -0.1) is 11.3 Å². The van der Waals surface area contributed by atoms with Crippen LogP contribution in [0.5, 0.6) is 0 Å². The van der Waals surface area contributed by atoms with E-state index in [1.165, 1.54) is 9.75 Å². The molecule has 0 aliphatic heterocycles. The van der Waals surface area contributed by atoms with Crippen molar-refractivity contribution >= 4 is 23.1 Å². The van der Waals surface area contributed by atoms with Gasteiger partial charge in [0.05, 0.1) is 6.54 Å². The van der Waals surface area contributed by atoms with Crippen molar-refractivity contribution in [2.45, 2.75) is 33.7 Å². The minimum Gasteiger partial charge on any atom is -0.333 e. The minimum absolute atomic E-state index is 0.162. The Hall–Kier alpha value is -1.81. The largest absolute Gasteiger partial charge is 0.333 e. The summed E-state index contributed by atoms with van der Waals surface area (Å²) in [5.74, 6) is 0. The molecule has 2 amide bonds. The molecule has 4 heteroatoms. The molecule has 0 unspecified atom stereocenters. The molecule has 0 saturated carbocycles. The van der Waals surface area contributed by atoms with Crippen LogP contribution in [0.4, 0.5) is 10.5 Å². The first-order chi connectivity index (χ1) is 9.58. The first-order valence-corrected chi connectivity index (χ1v) is 7.60. The summed E-state index contributed by atoms with van der Waals surface area (Å²) < 4.78 is 0. The van der Waals surface area contributed by atoms with Crippen LogP contribution in [0.1, 0.15) is 27.8 Å². The van der Waals surface area contributed by atoms with E-state index in [9.17, 15) is 4.79 Å². The molecule has 0 atom stereocenters. The van der Waals surface area contributed by atoms with Gasteiger partial charge in [-0.3, -0.25) is 0 Å². The number of amides is 2. The molecule has 2 N–H and O–H groups in total. The highest BCUT2D eigenvalue weighted by molar-refractivity contribution is 7.11. The van der Waals surface area contributed by atoms with Gasteiger partial charge in [0.1, 0.15) is 0 Å². The number of urea groups is 1. The van der Waals surface area contributed by atoms with Crippen molar-refractivity contribution in [2.75, 3.05) is 5.32 Å². The second-order valence-electron chi connectivity index (χ2n) is 4.85. The smallest absolute Gasteiger partial charge is 0.319 e. The van der Waals surface area contributed by atoms with Crippen LogP contribution in [0.15, 0.2) is 30.3 Å². The van der Waals surface area contributed by atoms with E-state index in [0.29, 0.717) is 6.54 Å². The fourth-order valence-electron chi connectivity index (χ4n) is 1.91. The third kappa shape index (κ3) is 3.84. The Kier molecular flexibility index (Phi) is 4.79. The van der Waals surface area contributed by atoms with Gasteiger partial charge in [0.2, 0.25) is 0 Å². The van der Waals surface area contributed by atoms with Crippen LogP contribution < -0.4 is 10.6 Å². The van der Waals surface area contributed by atoms with Gasteiger partial charge in [-0.1, -0.05) is 19.1 Å². The Morgan fingerprint density at radius 3 is 2.60 bits per heavy atom. The Labute approximate surface area is 124 Å². The summed E-state index contributed by atoms with van der Waals surface area (Å²) in [6.45, 7) is 6.71. The van der Waals surface area contributed by atoms with E-state index in [-0.39, 0.29) is 6.03 Å². The SMILES string of the molecule is CCc1ccc(CNC(=O)Nc2cc(C)ccc2C)s1. The molecule has 106 valence electrons. The number of hydrogen-bond donors (Lipinski definition) is 2. The van der Waals surface area contributed by atoms with E-state index in [1.807, 2.05) is 32.0 Å². The fourth-order valence-corrected chi connectivity index (χ4v) is 2.81. The van der Waals surface area contributed by atoms with Gasteiger partial charge in [-0.2, -0.15) is 0 Å². The first-order valence-electron chi connectivity index (χ1n) is 6.78. The van der Waals surface area contributed by atoms with Gasteiger partial charge in [-0.25, -0.2) is 4.79 Å². The Bertz CT molecular complexity index is 604. The van der Waals surface area contributed by atoms with Gasteiger partial charge in [-0.05, 0) is 49.6 Å². The van der Waals surface area contributed by atoms with Crippen molar-refractivity contribution in [3.63, 3.8) is 0 Å². The van der Waals surface area contributed by atoms with Crippen molar-refractivity contribution in [1.82, 2.24) is 5.32 Å². The molecule has 0 fully saturated rings. The molecule has 0 aliphatic carbocycles. The average Bonchev–Trinajstić information content (AvgIpc) is 2.89. The van der Waals surface area contributed by atoms with E-state index < -0.39 is 0 Å². The van der Waals surface area contributed by atoms with Gasteiger partial charge in [0.25, 0.3) is 0 Å². The lowest BCUT2D eigenvalue weighted by atomic mass is 10.1. The van der Waals surface area contributed by atoms with E-state index >= 15 is 0 Å². The standard InChI is InChI=1S/C16H20N2OS/c1-4-13-7-8-14(20-13)10-17-16(19)18-15-9-11(2)5-6-12(15)3/h5-9H,4,10H2,1-3H3,(H2,17,18,19). The maximum Gasteiger partial charge on any atom is 0.319 e. The molecule has 0 saturated heterocycles. The van der Waals surface area contributed by atoms with Crippen LogP contribution in [-0.4, -0.2) is 6.03 Å². The van der Waals surface area contributed by atoms with E-state index in [1.54, 1.807) is 11.3 Å². The summed E-state index contributed by atoms with van der Waals surface area (Å²) in [4.78, 5) is 14.4. The third-order valence-electron chi connectivity index (χ3n) is 3.13. The number of carbonyl (C=O) groups excluding carboxylic acids is 1. The second kappa shape index (κ2) is 6.57. The van der Waals surface area contributed by atoms with Crippen molar-refractivity contribution < 1.29 is 4.79 Å². The maximum atomic E-state index is 11.9. The Morgan fingerprint density at radius 2 is 1.90 bits per heavy atom. The highest BCUT2D eigenvalue weighted by Gasteiger charge is 2.05.